The van der Waals surface area contributed by atoms with E-state index in [-0.39, 0.29) is 12.1 Å². The second kappa shape index (κ2) is 4.16. The predicted octanol–water partition coefficient (Wildman–Crippen LogP) is 0.433. The van der Waals surface area contributed by atoms with Gasteiger partial charge in [-0.05, 0) is 13.8 Å². The zero-order valence-electron chi connectivity index (χ0n) is 9.01. The fourth-order valence-corrected chi connectivity index (χ4v) is 1.67. The molecular formula is C9H16N4O2. The van der Waals surface area contributed by atoms with Crippen LogP contribution >= 0.6 is 0 Å². The first kappa shape index (κ1) is 10.4. The molecule has 2 heterocycles. The number of ether oxygens (including phenoxy) is 1. The second-order valence-corrected chi connectivity index (χ2v) is 3.94. The van der Waals surface area contributed by atoms with Crippen LogP contribution < -0.4 is 5.73 Å². The average molecular weight is 212 g/mol. The molecule has 0 radical (unpaired) electrons. The van der Waals surface area contributed by atoms with Crippen molar-refractivity contribution in [2.75, 3.05) is 25.4 Å². The van der Waals surface area contributed by atoms with Crippen LogP contribution in [-0.4, -0.2) is 40.8 Å². The molecule has 6 nitrogen and oxygen atoms in total. The summed E-state index contributed by atoms with van der Waals surface area (Å²) in [6, 6.07) is 0.593. The molecule has 6 heteroatoms. The molecule has 1 fully saturated rings. The van der Waals surface area contributed by atoms with E-state index in [1.165, 1.54) is 0 Å². The molecule has 1 aromatic rings. The molecule has 0 spiro atoms. The quantitative estimate of drug-likeness (QED) is 0.766. The lowest BCUT2D eigenvalue weighted by molar-refractivity contribution is -0.0450. The van der Waals surface area contributed by atoms with E-state index >= 15 is 0 Å². The molecular weight excluding hydrogens is 196 g/mol. The molecule has 1 aliphatic rings. The van der Waals surface area contributed by atoms with Gasteiger partial charge in [0.25, 0.3) is 0 Å². The van der Waals surface area contributed by atoms with Crippen LogP contribution in [0.2, 0.25) is 0 Å². The van der Waals surface area contributed by atoms with Crippen molar-refractivity contribution in [3.05, 3.63) is 5.82 Å². The standard InChI is InChI=1S/C9H16N4O2/c1-6(2)13-3-4-14-7(5-13)8-11-9(10)15-12-8/h6-7H,3-5H2,1-2H3,(H2,10,11,12). The molecule has 0 amide bonds. The number of hydrogen-bond acceptors (Lipinski definition) is 6. The normalized spacial score (nSPS) is 23.5. The summed E-state index contributed by atoms with van der Waals surface area (Å²) < 4.78 is 10.3. The van der Waals surface area contributed by atoms with Gasteiger partial charge in [0, 0.05) is 19.1 Å². The number of nitrogen functional groups attached to an aromatic ring is 1. The van der Waals surface area contributed by atoms with Gasteiger partial charge in [-0.1, -0.05) is 5.16 Å². The number of nitrogens with zero attached hydrogens (tertiary/aromatic N) is 3. The van der Waals surface area contributed by atoms with Crippen LogP contribution in [0.25, 0.3) is 0 Å². The Labute approximate surface area is 88.4 Å². The van der Waals surface area contributed by atoms with Crippen LogP contribution in [0.4, 0.5) is 6.01 Å². The molecule has 2 rings (SSSR count). The van der Waals surface area contributed by atoms with Gasteiger partial charge in [-0.25, -0.2) is 0 Å². The van der Waals surface area contributed by atoms with Crippen molar-refractivity contribution in [1.29, 1.82) is 0 Å². The Morgan fingerprint density at radius 2 is 2.33 bits per heavy atom. The summed E-state index contributed by atoms with van der Waals surface area (Å²) in [6.07, 6.45) is -0.123. The number of aromatic nitrogens is 2. The summed E-state index contributed by atoms with van der Waals surface area (Å²) in [5.74, 6) is 0.540. The first-order valence-electron chi connectivity index (χ1n) is 5.11. The molecule has 1 aliphatic heterocycles. The number of rotatable bonds is 2. The molecule has 0 bridgehead atoms. The SMILES string of the molecule is CC(C)N1CCOC(c2noc(N)n2)C1. The number of hydrogen-bond donors (Lipinski definition) is 1. The third-order valence-electron chi connectivity index (χ3n) is 2.57. The Kier molecular flexibility index (Phi) is 2.88. The first-order chi connectivity index (χ1) is 7.16. The molecule has 1 aromatic heterocycles. The highest BCUT2D eigenvalue weighted by atomic mass is 16.5. The van der Waals surface area contributed by atoms with Gasteiger partial charge in [0.2, 0.25) is 5.82 Å². The minimum Gasteiger partial charge on any atom is -0.367 e. The largest absolute Gasteiger partial charge is 0.367 e. The molecule has 2 N–H and O–H groups in total. The van der Waals surface area contributed by atoms with E-state index in [2.05, 4.69) is 28.9 Å². The van der Waals surface area contributed by atoms with E-state index in [1.807, 2.05) is 0 Å². The Morgan fingerprint density at radius 1 is 1.53 bits per heavy atom. The summed E-state index contributed by atoms with van der Waals surface area (Å²) in [7, 11) is 0. The van der Waals surface area contributed by atoms with Crippen molar-refractivity contribution < 1.29 is 9.26 Å². The van der Waals surface area contributed by atoms with E-state index < -0.39 is 0 Å². The van der Waals surface area contributed by atoms with Gasteiger partial charge in [-0.3, -0.25) is 4.90 Å². The van der Waals surface area contributed by atoms with Crippen molar-refractivity contribution in [3.8, 4) is 0 Å². The van der Waals surface area contributed by atoms with Crippen molar-refractivity contribution in [1.82, 2.24) is 15.0 Å². The average Bonchev–Trinajstić information content (AvgIpc) is 2.65. The summed E-state index contributed by atoms with van der Waals surface area (Å²) in [4.78, 5) is 6.30. The third kappa shape index (κ3) is 2.27. The van der Waals surface area contributed by atoms with Crippen molar-refractivity contribution in [2.24, 2.45) is 0 Å². The maximum atomic E-state index is 5.58. The molecule has 0 aliphatic carbocycles. The van der Waals surface area contributed by atoms with Crippen molar-refractivity contribution in [2.45, 2.75) is 26.0 Å². The van der Waals surface area contributed by atoms with Crippen LogP contribution in [0.3, 0.4) is 0 Å². The van der Waals surface area contributed by atoms with E-state index in [0.717, 1.165) is 13.1 Å². The number of nitrogens with two attached hydrogens (primary N) is 1. The molecule has 1 unspecified atom stereocenters. The second-order valence-electron chi connectivity index (χ2n) is 3.94. The smallest absolute Gasteiger partial charge is 0.318 e. The Hall–Kier alpha value is -1.14. The van der Waals surface area contributed by atoms with Gasteiger partial charge in [0.15, 0.2) is 0 Å². The maximum absolute atomic E-state index is 5.58. The van der Waals surface area contributed by atoms with Crippen LogP contribution in [0, 0.1) is 0 Å². The van der Waals surface area contributed by atoms with Gasteiger partial charge in [-0.15, -0.1) is 0 Å². The molecule has 1 saturated heterocycles. The predicted molar refractivity (Wildman–Crippen MR) is 54.1 cm³/mol. The minimum absolute atomic E-state index is 0.0928. The Balaban J connectivity index is 2.04. The summed E-state index contributed by atoms with van der Waals surface area (Å²) in [5, 5.41) is 3.77. The van der Waals surface area contributed by atoms with Gasteiger partial charge in [0.05, 0.1) is 6.61 Å². The topological polar surface area (TPSA) is 77.4 Å². The fraction of sp³-hybridized carbons (Fsp3) is 0.778. The van der Waals surface area contributed by atoms with Crippen molar-refractivity contribution >= 4 is 6.01 Å². The summed E-state index contributed by atoms with van der Waals surface area (Å²) >= 11 is 0. The number of morpholine rings is 1. The fourth-order valence-electron chi connectivity index (χ4n) is 1.67. The zero-order valence-corrected chi connectivity index (χ0v) is 9.01. The zero-order chi connectivity index (χ0) is 10.8. The van der Waals surface area contributed by atoms with Gasteiger partial charge in [0.1, 0.15) is 6.10 Å². The monoisotopic (exact) mass is 212 g/mol. The molecule has 15 heavy (non-hydrogen) atoms. The Morgan fingerprint density at radius 3 is 2.93 bits per heavy atom. The van der Waals surface area contributed by atoms with Crippen LogP contribution in [0.15, 0.2) is 4.52 Å². The van der Waals surface area contributed by atoms with Gasteiger partial charge >= 0.3 is 6.01 Å². The molecule has 84 valence electrons. The molecule has 0 aromatic carbocycles. The highest BCUT2D eigenvalue weighted by Crippen LogP contribution is 2.21. The lowest BCUT2D eigenvalue weighted by Gasteiger charge is -2.34. The maximum Gasteiger partial charge on any atom is 0.318 e. The van der Waals surface area contributed by atoms with E-state index in [0.29, 0.717) is 18.5 Å². The summed E-state index contributed by atoms with van der Waals surface area (Å²) in [5.41, 5.74) is 5.37. The van der Waals surface area contributed by atoms with Crippen molar-refractivity contribution in [3.63, 3.8) is 0 Å². The summed E-state index contributed by atoms with van der Waals surface area (Å²) in [6.45, 7) is 6.75. The van der Waals surface area contributed by atoms with Crippen LogP contribution in [0.1, 0.15) is 25.8 Å². The van der Waals surface area contributed by atoms with Crippen LogP contribution in [-0.2, 0) is 4.74 Å². The highest BCUT2D eigenvalue weighted by molar-refractivity contribution is 5.09. The third-order valence-corrected chi connectivity index (χ3v) is 2.57. The minimum atomic E-state index is -0.123. The lowest BCUT2D eigenvalue weighted by Crippen LogP contribution is -2.42. The van der Waals surface area contributed by atoms with Gasteiger partial charge < -0.3 is 15.0 Å². The van der Waals surface area contributed by atoms with E-state index in [1.54, 1.807) is 0 Å². The van der Waals surface area contributed by atoms with E-state index in [4.69, 9.17) is 15.0 Å². The lowest BCUT2D eigenvalue weighted by atomic mass is 10.2. The molecule has 1 atom stereocenters. The number of anilines is 1. The highest BCUT2D eigenvalue weighted by Gasteiger charge is 2.26. The van der Waals surface area contributed by atoms with Gasteiger partial charge in [-0.2, -0.15) is 4.98 Å². The first-order valence-corrected chi connectivity index (χ1v) is 5.11. The van der Waals surface area contributed by atoms with E-state index in [9.17, 15) is 0 Å². The molecule has 0 saturated carbocycles. The Bertz CT molecular complexity index is 326. The van der Waals surface area contributed by atoms with Crippen LogP contribution in [0.5, 0.6) is 0 Å².